The SMILES string of the molecule is C=C(S)CN(C(=O)CNC(=O)OC)C(C(=O)NC1CCCCC1)c1ccccc1C. The molecule has 1 atom stereocenters. The Morgan fingerprint density at radius 1 is 1.23 bits per heavy atom. The minimum atomic E-state index is -0.857. The van der Waals surface area contributed by atoms with Crippen LogP contribution in [0.5, 0.6) is 0 Å². The third-order valence-corrected chi connectivity index (χ3v) is 5.38. The van der Waals surface area contributed by atoms with Crippen LogP contribution in [-0.2, 0) is 14.3 Å². The third-order valence-electron chi connectivity index (χ3n) is 5.24. The Balaban J connectivity index is 2.35. The molecule has 0 aromatic heterocycles. The summed E-state index contributed by atoms with van der Waals surface area (Å²) < 4.78 is 4.54. The number of rotatable bonds is 8. The fourth-order valence-corrected chi connectivity index (χ4v) is 3.87. The smallest absolute Gasteiger partial charge is 0.407 e. The minimum Gasteiger partial charge on any atom is -0.453 e. The second kappa shape index (κ2) is 11.6. The van der Waals surface area contributed by atoms with Gasteiger partial charge in [-0.15, -0.1) is 12.6 Å². The van der Waals surface area contributed by atoms with Crippen molar-refractivity contribution in [2.45, 2.75) is 51.1 Å². The van der Waals surface area contributed by atoms with Crippen molar-refractivity contribution in [3.8, 4) is 0 Å². The maximum Gasteiger partial charge on any atom is 0.407 e. The molecule has 0 saturated heterocycles. The summed E-state index contributed by atoms with van der Waals surface area (Å²) in [4.78, 5) is 39.7. The van der Waals surface area contributed by atoms with Gasteiger partial charge in [0.05, 0.1) is 13.7 Å². The number of ether oxygens (including phenoxy) is 1. The molecule has 1 aliphatic rings. The van der Waals surface area contributed by atoms with Crippen molar-refractivity contribution in [2.75, 3.05) is 20.2 Å². The summed E-state index contributed by atoms with van der Waals surface area (Å²) in [5, 5.41) is 5.52. The Morgan fingerprint density at radius 2 is 1.90 bits per heavy atom. The first-order chi connectivity index (χ1) is 14.3. The normalized spacial score (nSPS) is 15.0. The van der Waals surface area contributed by atoms with Gasteiger partial charge >= 0.3 is 6.09 Å². The summed E-state index contributed by atoms with van der Waals surface area (Å²) in [5.74, 6) is -0.667. The van der Waals surface area contributed by atoms with Gasteiger partial charge in [0.15, 0.2) is 0 Å². The molecule has 2 rings (SSSR count). The molecule has 1 saturated carbocycles. The third kappa shape index (κ3) is 6.79. The molecule has 7 nitrogen and oxygen atoms in total. The summed E-state index contributed by atoms with van der Waals surface area (Å²) in [5.41, 5.74) is 1.62. The summed E-state index contributed by atoms with van der Waals surface area (Å²) in [6, 6.07) is 6.72. The van der Waals surface area contributed by atoms with Gasteiger partial charge in [0.25, 0.3) is 0 Å². The van der Waals surface area contributed by atoms with Gasteiger partial charge in [0.1, 0.15) is 12.6 Å². The number of benzene rings is 1. The second-order valence-corrected chi connectivity index (χ2v) is 8.17. The molecule has 0 spiro atoms. The molecule has 1 aliphatic carbocycles. The van der Waals surface area contributed by atoms with Crippen molar-refractivity contribution in [2.24, 2.45) is 0 Å². The van der Waals surface area contributed by atoms with Gasteiger partial charge in [0.2, 0.25) is 11.8 Å². The summed E-state index contributed by atoms with van der Waals surface area (Å²) in [6.45, 7) is 5.47. The van der Waals surface area contributed by atoms with E-state index in [0.29, 0.717) is 4.91 Å². The lowest BCUT2D eigenvalue weighted by Crippen LogP contribution is -2.50. The highest BCUT2D eigenvalue weighted by Crippen LogP contribution is 2.27. The summed E-state index contributed by atoms with van der Waals surface area (Å²) in [6.07, 6.45) is 4.49. The number of amides is 3. The van der Waals surface area contributed by atoms with Crippen molar-refractivity contribution >= 4 is 30.5 Å². The fraction of sp³-hybridized carbons (Fsp3) is 0.500. The van der Waals surface area contributed by atoms with Crippen LogP contribution in [0.4, 0.5) is 4.79 Å². The van der Waals surface area contributed by atoms with Crippen molar-refractivity contribution in [1.82, 2.24) is 15.5 Å². The number of aryl methyl sites for hydroxylation is 1. The molecular formula is C22H31N3O4S. The van der Waals surface area contributed by atoms with Gasteiger partial charge in [-0.05, 0) is 35.8 Å². The average Bonchev–Trinajstić information content (AvgIpc) is 2.73. The number of alkyl carbamates (subject to hydrolysis) is 1. The van der Waals surface area contributed by atoms with Crippen LogP contribution in [-0.4, -0.2) is 49.0 Å². The van der Waals surface area contributed by atoms with E-state index in [-0.39, 0.29) is 25.0 Å². The zero-order valence-electron chi connectivity index (χ0n) is 17.6. The monoisotopic (exact) mass is 433 g/mol. The predicted molar refractivity (Wildman–Crippen MR) is 119 cm³/mol. The van der Waals surface area contributed by atoms with Gasteiger partial charge in [0, 0.05) is 6.04 Å². The molecule has 0 aliphatic heterocycles. The number of thiol groups is 1. The number of hydrogen-bond acceptors (Lipinski definition) is 5. The number of methoxy groups -OCH3 is 1. The van der Waals surface area contributed by atoms with Crippen molar-refractivity contribution in [3.05, 3.63) is 46.9 Å². The number of hydrogen-bond donors (Lipinski definition) is 3. The van der Waals surface area contributed by atoms with E-state index < -0.39 is 18.0 Å². The number of nitrogens with one attached hydrogen (secondary N) is 2. The van der Waals surface area contributed by atoms with E-state index >= 15 is 0 Å². The van der Waals surface area contributed by atoms with Crippen molar-refractivity contribution in [3.63, 3.8) is 0 Å². The Hall–Kier alpha value is -2.48. The van der Waals surface area contributed by atoms with E-state index in [9.17, 15) is 14.4 Å². The Labute approximate surface area is 183 Å². The molecule has 1 unspecified atom stereocenters. The number of carbonyl (C=O) groups excluding carboxylic acids is 3. The van der Waals surface area contributed by atoms with E-state index in [1.165, 1.54) is 18.4 Å². The predicted octanol–water partition coefficient (Wildman–Crippen LogP) is 3.11. The van der Waals surface area contributed by atoms with Crippen LogP contribution >= 0.6 is 12.6 Å². The Bertz CT molecular complexity index is 777. The molecule has 164 valence electrons. The molecule has 2 N–H and O–H groups in total. The highest BCUT2D eigenvalue weighted by Gasteiger charge is 2.33. The molecule has 1 fully saturated rings. The van der Waals surface area contributed by atoms with Gasteiger partial charge in [-0.25, -0.2) is 4.79 Å². The molecule has 8 heteroatoms. The fourth-order valence-electron chi connectivity index (χ4n) is 3.71. The second-order valence-electron chi connectivity index (χ2n) is 7.54. The molecule has 0 bridgehead atoms. The van der Waals surface area contributed by atoms with Crippen LogP contribution in [0, 0.1) is 6.92 Å². The minimum absolute atomic E-state index is 0.0713. The molecule has 1 aromatic rings. The van der Waals surface area contributed by atoms with Gasteiger partial charge in [-0.3, -0.25) is 9.59 Å². The van der Waals surface area contributed by atoms with Crippen LogP contribution in [0.25, 0.3) is 0 Å². The van der Waals surface area contributed by atoms with Gasteiger partial charge in [-0.1, -0.05) is 50.1 Å². The number of carbonyl (C=O) groups is 3. The maximum absolute atomic E-state index is 13.4. The largest absolute Gasteiger partial charge is 0.453 e. The van der Waals surface area contributed by atoms with Crippen LogP contribution in [0.1, 0.15) is 49.3 Å². The first-order valence-electron chi connectivity index (χ1n) is 10.2. The molecule has 0 heterocycles. The summed E-state index contributed by atoms with van der Waals surface area (Å²) >= 11 is 4.26. The topological polar surface area (TPSA) is 87.7 Å². The Morgan fingerprint density at radius 3 is 2.50 bits per heavy atom. The lowest BCUT2D eigenvalue weighted by molar-refractivity contribution is -0.140. The van der Waals surface area contributed by atoms with E-state index in [4.69, 9.17) is 0 Å². The van der Waals surface area contributed by atoms with Gasteiger partial charge in [-0.2, -0.15) is 0 Å². The van der Waals surface area contributed by atoms with Crippen LogP contribution < -0.4 is 10.6 Å². The lowest BCUT2D eigenvalue weighted by Gasteiger charge is -2.34. The molecule has 3 amide bonds. The van der Waals surface area contributed by atoms with E-state index in [0.717, 1.165) is 36.8 Å². The van der Waals surface area contributed by atoms with E-state index in [2.05, 4.69) is 34.6 Å². The molecule has 1 aromatic carbocycles. The zero-order valence-corrected chi connectivity index (χ0v) is 18.5. The number of nitrogens with zero attached hydrogens (tertiary/aromatic N) is 1. The van der Waals surface area contributed by atoms with E-state index in [1.54, 1.807) is 0 Å². The maximum atomic E-state index is 13.4. The van der Waals surface area contributed by atoms with Crippen LogP contribution in [0.2, 0.25) is 0 Å². The highest BCUT2D eigenvalue weighted by molar-refractivity contribution is 7.84. The zero-order chi connectivity index (χ0) is 22.1. The van der Waals surface area contributed by atoms with Crippen LogP contribution in [0.3, 0.4) is 0 Å². The highest BCUT2D eigenvalue weighted by atomic mass is 32.1. The standard InChI is InChI=1S/C22H31N3O4S/c1-15-9-7-8-12-18(15)20(21(27)24-17-10-5-4-6-11-17)25(14-16(2)30)19(26)13-23-22(28)29-3/h7-9,12,17,20,30H,2,4-6,10-11,13-14H2,1,3H3,(H,23,28)(H,24,27). The molecular weight excluding hydrogens is 402 g/mol. The van der Waals surface area contributed by atoms with Gasteiger partial charge < -0.3 is 20.3 Å². The average molecular weight is 434 g/mol. The molecule has 30 heavy (non-hydrogen) atoms. The quantitative estimate of drug-likeness (QED) is 0.550. The first kappa shape index (κ1) is 23.8. The Kier molecular flexibility index (Phi) is 9.23. The van der Waals surface area contributed by atoms with Crippen LogP contribution in [0.15, 0.2) is 35.7 Å². The lowest BCUT2D eigenvalue weighted by atomic mass is 9.94. The van der Waals surface area contributed by atoms with Crippen molar-refractivity contribution < 1.29 is 19.1 Å². The summed E-state index contributed by atoms with van der Waals surface area (Å²) in [7, 11) is 1.22. The first-order valence-corrected chi connectivity index (χ1v) is 10.6. The van der Waals surface area contributed by atoms with E-state index in [1.807, 2.05) is 31.2 Å². The van der Waals surface area contributed by atoms with Crippen molar-refractivity contribution in [1.29, 1.82) is 0 Å². The molecule has 0 radical (unpaired) electrons.